The molecule has 1 aromatic heterocycles. The molecule has 2 unspecified atom stereocenters. The van der Waals surface area contributed by atoms with E-state index in [1.165, 1.54) is 69.0 Å². The summed E-state index contributed by atoms with van der Waals surface area (Å²) in [5.74, 6) is 0.451. The van der Waals surface area contributed by atoms with Gasteiger partial charge in [0, 0.05) is 22.4 Å². The minimum absolute atomic E-state index is 0.123. The summed E-state index contributed by atoms with van der Waals surface area (Å²) in [4.78, 5) is 0. The highest BCUT2D eigenvalue weighted by atomic mass is 15.0. The first-order chi connectivity index (χ1) is 26.8. The van der Waals surface area contributed by atoms with Gasteiger partial charge >= 0.3 is 0 Å². The van der Waals surface area contributed by atoms with Crippen molar-refractivity contribution in [1.29, 1.82) is 0 Å². The van der Waals surface area contributed by atoms with Crippen LogP contribution in [0, 0.1) is 5.92 Å². The lowest BCUT2D eigenvalue weighted by molar-refractivity contribution is 0.460. The lowest BCUT2D eigenvalue weighted by atomic mass is 9.62. The molecule has 0 aliphatic heterocycles. The van der Waals surface area contributed by atoms with Gasteiger partial charge in [0.05, 0.1) is 16.4 Å². The van der Waals surface area contributed by atoms with Crippen LogP contribution in [0.2, 0.25) is 0 Å². The van der Waals surface area contributed by atoms with Crippen molar-refractivity contribution in [2.75, 3.05) is 0 Å². The van der Waals surface area contributed by atoms with Crippen LogP contribution >= 0.6 is 0 Å². The van der Waals surface area contributed by atoms with Crippen molar-refractivity contribution in [3.8, 4) is 0 Å². The molecule has 262 valence electrons. The Hall–Kier alpha value is -5.40. The average molecular weight is 696 g/mol. The number of para-hydroxylation sites is 2. The maximum absolute atomic E-state index is 2.71. The van der Waals surface area contributed by atoms with Crippen molar-refractivity contribution < 1.29 is 0 Å². The number of hydrogen-bond acceptors (Lipinski definition) is 0. The highest BCUT2D eigenvalue weighted by Crippen LogP contribution is 2.67. The van der Waals surface area contributed by atoms with Crippen LogP contribution in [-0.4, -0.2) is 4.57 Å². The Morgan fingerprint density at radius 1 is 0.574 bits per heavy atom. The molecule has 2 atom stereocenters. The molecular formula is C53H45N. The van der Waals surface area contributed by atoms with Gasteiger partial charge in [-0.3, -0.25) is 0 Å². The van der Waals surface area contributed by atoms with Crippen molar-refractivity contribution in [3.63, 3.8) is 0 Å². The predicted molar refractivity (Wildman–Crippen MR) is 227 cm³/mol. The number of hydrogen-bond donors (Lipinski definition) is 0. The summed E-state index contributed by atoms with van der Waals surface area (Å²) < 4.78 is 2.52. The van der Waals surface area contributed by atoms with Crippen LogP contribution in [0.1, 0.15) is 87.3 Å². The maximum atomic E-state index is 2.71. The summed E-state index contributed by atoms with van der Waals surface area (Å²) in [5.41, 5.74) is 24.3. The summed E-state index contributed by atoms with van der Waals surface area (Å²) in [6.45, 7) is 0. The van der Waals surface area contributed by atoms with Crippen LogP contribution in [0.3, 0.4) is 0 Å². The number of fused-ring (bicyclic) bond motifs is 11. The van der Waals surface area contributed by atoms with Crippen molar-refractivity contribution in [3.05, 3.63) is 195 Å². The first kappa shape index (κ1) is 31.0. The molecule has 0 fully saturated rings. The molecule has 0 N–H and O–H groups in total. The second-order valence-electron chi connectivity index (χ2n) is 16.7. The molecule has 3 aromatic carbocycles. The Morgan fingerprint density at radius 2 is 1.37 bits per heavy atom. The molecule has 1 heterocycles. The van der Waals surface area contributed by atoms with E-state index in [9.17, 15) is 0 Å². The lowest BCUT2D eigenvalue weighted by Crippen LogP contribution is -2.35. The van der Waals surface area contributed by atoms with Gasteiger partial charge < -0.3 is 4.57 Å². The summed E-state index contributed by atoms with van der Waals surface area (Å²) in [5, 5.41) is 2.68. The van der Waals surface area contributed by atoms with Gasteiger partial charge in [0.2, 0.25) is 0 Å². The highest BCUT2D eigenvalue weighted by Gasteiger charge is 2.57. The fourth-order valence-electron chi connectivity index (χ4n) is 11.9. The molecule has 8 aliphatic rings. The first-order valence-electron chi connectivity index (χ1n) is 20.6. The molecule has 4 aromatic rings. The molecule has 54 heavy (non-hydrogen) atoms. The van der Waals surface area contributed by atoms with Crippen LogP contribution in [0.15, 0.2) is 178 Å². The molecule has 0 bridgehead atoms. The number of benzene rings is 3. The second-order valence-corrected chi connectivity index (χ2v) is 16.7. The highest BCUT2D eigenvalue weighted by molar-refractivity contribution is 6.10. The molecular weight excluding hydrogens is 651 g/mol. The van der Waals surface area contributed by atoms with Gasteiger partial charge in [-0.1, -0.05) is 109 Å². The third-order valence-corrected chi connectivity index (χ3v) is 14.2. The SMILES string of the molecule is C1=CCC2C(=C1)C1=C(C=CCC1)C21C2=C(CCC(C3=CC=C(n4c5ccccc5c5ccccc54)CC3)=C2)c2ccc(C3=CC4=C(C=CCC4)CC3)cc21. The van der Waals surface area contributed by atoms with E-state index in [0.717, 1.165) is 51.4 Å². The van der Waals surface area contributed by atoms with Gasteiger partial charge in [-0.15, -0.1) is 0 Å². The third kappa shape index (κ3) is 4.27. The molecule has 0 saturated carbocycles. The zero-order valence-corrected chi connectivity index (χ0v) is 31.0. The van der Waals surface area contributed by atoms with Gasteiger partial charge in [-0.25, -0.2) is 0 Å². The summed E-state index contributed by atoms with van der Waals surface area (Å²) in [7, 11) is 0. The van der Waals surface area contributed by atoms with Crippen molar-refractivity contribution in [2.24, 2.45) is 5.92 Å². The van der Waals surface area contributed by atoms with Crippen molar-refractivity contribution in [1.82, 2.24) is 4.57 Å². The number of nitrogens with zero attached hydrogens (tertiary/aromatic N) is 1. The Balaban J connectivity index is 0.999. The minimum Gasteiger partial charge on any atom is -0.313 e. The predicted octanol–water partition coefficient (Wildman–Crippen LogP) is 13.8. The van der Waals surface area contributed by atoms with E-state index >= 15 is 0 Å². The molecule has 0 amide bonds. The molecule has 0 saturated heterocycles. The van der Waals surface area contributed by atoms with E-state index in [4.69, 9.17) is 0 Å². The maximum Gasteiger partial charge on any atom is 0.0537 e. The quantitative estimate of drug-likeness (QED) is 0.201. The van der Waals surface area contributed by atoms with Gasteiger partial charge in [0.15, 0.2) is 0 Å². The summed E-state index contributed by atoms with van der Waals surface area (Å²) in [6.07, 6.45) is 39.7. The summed E-state index contributed by atoms with van der Waals surface area (Å²) >= 11 is 0. The van der Waals surface area contributed by atoms with E-state index in [1.807, 2.05) is 0 Å². The standard InChI is InChI=1S/C53H45N/c1-2-12-36-31-37(22-21-34(36)11-1)39-26-30-44-43-29-25-38(32-49(43)53(50(44)33-39)47-17-7-3-13-41(47)42-14-4-8-18-48(42)53)35-23-27-40(28-24-35)54-51-19-9-5-15-45(51)46-16-6-10-20-52(46)54/h1,3,5-11,13,15-16,18-20,23,26-27,30-33,47H,2,4,12,14,17,21-22,24-25,28-29H2. The first-order valence-corrected chi connectivity index (χ1v) is 20.6. The molecule has 1 nitrogen and oxygen atoms in total. The van der Waals surface area contributed by atoms with Crippen LogP contribution < -0.4 is 0 Å². The zero-order valence-electron chi connectivity index (χ0n) is 31.0. The van der Waals surface area contributed by atoms with E-state index in [0.29, 0.717) is 5.92 Å². The van der Waals surface area contributed by atoms with Crippen LogP contribution in [0.25, 0.3) is 38.6 Å². The molecule has 0 radical (unpaired) electrons. The van der Waals surface area contributed by atoms with Gasteiger partial charge in [0.1, 0.15) is 0 Å². The number of allylic oxidation sites excluding steroid dienone is 22. The van der Waals surface area contributed by atoms with E-state index in [2.05, 4.69) is 138 Å². The monoisotopic (exact) mass is 695 g/mol. The van der Waals surface area contributed by atoms with Gasteiger partial charge in [-0.2, -0.15) is 0 Å². The number of rotatable bonds is 3. The third-order valence-electron chi connectivity index (χ3n) is 14.2. The van der Waals surface area contributed by atoms with Crippen LogP contribution in [-0.2, 0) is 5.41 Å². The minimum atomic E-state index is -0.123. The Kier molecular flexibility index (Phi) is 6.77. The van der Waals surface area contributed by atoms with Crippen molar-refractivity contribution in [2.45, 2.75) is 76.0 Å². The zero-order chi connectivity index (χ0) is 35.4. The summed E-state index contributed by atoms with van der Waals surface area (Å²) in [6, 6.07) is 25.5. The lowest BCUT2D eigenvalue weighted by Gasteiger charge is -2.39. The molecule has 8 aliphatic carbocycles. The molecule has 1 heteroatoms. The fourth-order valence-corrected chi connectivity index (χ4v) is 11.9. The average Bonchev–Trinajstić information content (AvgIpc) is 3.85. The Morgan fingerprint density at radius 3 is 2.22 bits per heavy atom. The van der Waals surface area contributed by atoms with E-state index in [-0.39, 0.29) is 5.41 Å². The largest absolute Gasteiger partial charge is 0.313 e. The Labute approximate surface area is 318 Å². The van der Waals surface area contributed by atoms with Gasteiger partial charge in [0.25, 0.3) is 0 Å². The number of aromatic nitrogens is 1. The second kappa shape index (κ2) is 11.8. The Bertz CT molecular complexity index is 2670. The van der Waals surface area contributed by atoms with E-state index in [1.54, 1.807) is 50.1 Å². The van der Waals surface area contributed by atoms with Crippen LogP contribution in [0.5, 0.6) is 0 Å². The van der Waals surface area contributed by atoms with Crippen LogP contribution in [0.4, 0.5) is 0 Å². The normalized spacial score (nSPS) is 25.3. The molecule has 1 spiro atoms. The fraction of sp³-hybridized carbons (Fsp3) is 0.245. The van der Waals surface area contributed by atoms with E-state index < -0.39 is 0 Å². The van der Waals surface area contributed by atoms with Gasteiger partial charge in [-0.05, 0) is 167 Å². The van der Waals surface area contributed by atoms with Crippen molar-refractivity contribution >= 4 is 38.6 Å². The topological polar surface area (TPSA) is 4.93 Å². The smallest absolute Gasteiger partial charge is 0.0537 e. The molecule has 12 rings (SSSR count).